The number of H-pyrrole nitrogens is 2. The number of hydrogen-bond donors (Lipinski definition) is 2. The molecule has 284 valence electrons. The second-order valence-electron chi connectivity index (χ2n) is 14.1. The maximum absolute atomic E-state index is 12.6. The third kappa shape index (κ3) is 7.24. The van der Waals surface area contributed by atoms with E-state index in [0.717, 1.165) is 88.6 Å². The largest absolute Gasteiger partial charge is 0.490 e. The van der Waals surface area contributed by atoms with Crippen LogP contribution in [0.3, 0.4) is 0 Å². The van der Waals surface area contributed by atoms with Crippen molar-refractivity contribution in [2.45, 2.75) is 20.3 Å². The Morgan fingerprint density at radius 3 is 1.63 bits per heavy atom. The van der Waals surface area contributed by atoms with Crippen molar-refractivity contribution in [1.29, 1.82) is 0 Å². The van der Waals surface area contributed by atoms with Gasteiger partial charge in [0.25, 0.3) is 0 Å². The molecule has 0 saturated heterocycles. The van der Waals surface area contributed by atoms with E-state index in [1.54, 1.807) is 6.92 Å². The Labute approximate surface area is 333 Å². The van der Waals surface area contributed by atoms with Crippen LogP contribution in [-0.4, -0.2) is 63.2 Å². The Balaban J connectivity index is 1.09. The molecule has 8 bridgehead atoms. The fourth-order valence-electron chi connectivity index (χ4n) is 7.55. The molecular weight excluding hydrogens is 733 g/mol. The molecule has 4 aromatic carbocycles. The van der Waals surface area contributed by atoms with Crippen molar-refractivity contribution in [1.82, 2.24) is 19.9 Å². The summed E-state index contributed by atoms with van der Waals surface area (Å²) in [5.41, 5.74) is 11.5. The molecule has 3 aromatic heterocycles. The van der Waals surface area contributed by atoms with E-state index in [2.05, 4.69) is 107 Å². The summed E-state index contributed by atoms with van der Waals surface area (Å²) < 4.78 is 16.7. The highest BCUT2D eigenvalue weighted by Crippen LogP contribution is 2.40. The number of fused-ring (bicyclic) bond motifs is 20. The van der Waals surface area contributed by atoms with E-state index in [4.69, 9.17) is 24.2 Å². The zero-order valence-corrected chi connectivity index (χ0v) is 32.5. The fraction of sp³-hybridized carbons (Fsp3) is 0.191. The van der Waals surface area contributed by atoms with Gasteiger partial charge in [-0.25, -0.2) is 9.97 Å². The van der Waals surface area contributed by atoms with Crippen molar-refractivity contribution in [3.8, 4) is 50.8 Å². The van der Waals surface area contributed by atoms with Gasteiger partial charge >= 0.3 is 11.9 Å². The van der Waals surface area contributed by atoms with Crippen molar-refractivity contribution in [2.24, 2.45) is 5.92 Å². The number of hydrogen-bond acceptors (Lipinski definition) is 8. The molecule has 1 atom stereocenters. The second-order valence-corrected chi connectivity index (χ2v) is 15.3. The number of aromatic amines is 2. The highest BCUT2D eigenvalue weighted by molar-refractivity contribution is 7.99. The highest BCUT2D eigenvalue weighted by Gasteiger charge is 2.20. The summed E-state index contributed by atoms with van der Waals surface area (Å²) >= 11 is 1.54. The number of esters is 2. The van der Waals surface area contributed by atoms with E-state index in [9.17, 15) is 9.59 Å². The Morgan fingerprint density at radius 1 is 0.614 bits per heavy atom. The number of nitrogens with zero attached hydrogens (tertiary/aromatic N) is 2. The molecule has 7 aromatic rings. The lowest BCUT2D eigenvalue weighted by Gasteiger charge is -2.12. The van der Waals surface area contributed by atoms with Crippen molar-refractivity contribution in [2.75, 3.05) is 31.3 Å². The summed E-state index contributed by atoms with van der Waals surface area (Å²) in [7, 11) is 0. The van der Waals surface area contributed by atoms with E-state index in [1.807, 2.05) is 25.1 Å². The van der Waals surface area contributed by atoms with Crippen LogP contribution in [0.2, 0.25) is 0 Å². The number of carbonyl (C=O) groups is 2. The smallest absolute Gasteiger partial charge is 0.309 e. The molecule has 0 aliphatic carbocycles. The van der Waals surface area contributed by atoms with Crippen LogP contribution < -0.4 is 4.74 Å². The van der Waals surface area contributed by atoms with Gasteiger partial charge in [-0.2, -0.15) is 11.8 Å². The topological polar surface area (TPSA) is 119 Å². The lowest BCUT2D eigenvalue weighted by molar-refractivity contribution is -0.147. The molecule has 10 heteroatoms. The molecule has 0 amide bonds. The maximum atomic E-state index is 12.6. The monoisotopic (exact) mass is 772 g/mol. The highest BCUT2D eigenvalue weighted by atomic mass is 32.2. The molecule has 2 N–H and O–H groups in total. The average molecular weight is 773 g/mol. The molecule has 9 rings (SSSR count). The van der Waals surface area contributed by atoms with E-state index < -0.39 is 0 Å². The van der Waals surface area contributed by atoms with E-state index >= 15 is 0 Å². The predicted molar refractivity (Wildman–Crippen MR) is 229 cm³/mol. The first kappa shape index (κ1) is 36.3. The summed E-state index contributed by atoms with van der Waals surface area (Å²) in [5, 5.41) is 4.22. The van der Waals surface area contributed by atoms with Crippen molar-refractivity contribution in [3.63, 3.8) is 0 Å². The number of rotatable bonds is 11. The van der Waals surface area contributed by atoms with Gasteiger partial charge in [0.2, 0.25) is 0 Å². The summed E-state index contributed by atoms with van der Waals surface area (Å²) in [6.07, 6.45) is 0.325. The van der Waals surface area contributed by atoms with Crippen LogP contribution in [-0.2, 0) is 19.1 Å². The third-order valence-corrected chi connectivity index (χ3v) is 11.5. The molecule has 0 spiro atoms. The van der Waals surface area contributed by atoms with Gasteiger partial charge in [0, 0.05) is 77.4 Å². The van der Waals surface area contributed by atoms with E-state index in [0.29, 0.717) is 30.3 Å². The van der Waals surface area contributed by atoms with Crippen LogP contribution in [0.15, 0.2) is 115 Å². The summed E-state index contributed by atoms with van der Waals surface area (Å²) in [5.74, 6) is 1.00. The third-order valence-electron chi connectivity index (χ3n) is 10.3. The van der Waals surface area contributed by atoms with Crippen LogP contribution in [0.25, 0.3) is 88.6 Å². The first-order chi connectivity index (χ1) is 27.9. The molecule has 2 aliphatic rings. The minimum atomic E-state index is -0.305. The van der Waals surface area contributed by atoms with Gasteiger partial charge < -0.3 is 24.2 Å². The van der Waals surface area contributed by atoms with Gasteiger partial charge in [-0.05, 0) is 49.4 Å². The molecule has 2 aliphatic heterocycles. The zero-order valence-electron chi connectivity index (χ0n) is 31.6. The number of aromatic nitrogens is 4. The molecular formula is C47H40N4O5S. The molecule has 5 heterocycles. The maximum Gasteiger partial charge on any atom is 0.309 e. The second kappa shape index (κ2) is 15.6. The van der Waals surface area contributed by atoms with E-state index in [1.165, 1.54) is 11.8 Å². The van der Waals surface area contributed by atoms with Crippen LogP contribution >= 0.6 is 11.8 Å². The number of thioether (sulfide) groups is 1. The summed E-state index contributed by atoms with van der Waals surface area (Å²) in [6.45, 7) is 4.31. The number of benzene rings is 4. The van der Waals surface area contributed by atoms with Gasteiger partial charge in [-0.15, -0.1) is 0 Å². The normalized spacial score (nSPS) is 12.2. The molecule has 0 radical (unpaired) electrons. The van der Waals surface area contributed by atoms with Crippen LogP contribution in [0.4, 0.5) is 0 Å². The van der Waals surface area contributed by atoms with Gasteiger partial charge in [0.05, 0.1) is 41.7 Å². The lowest BCUT2D eigenvalue weighted by Crippen LogP contribution is -2.20. The molecule has 0 fully saturated rings. The Kier molecular flexibility index (Phi) is 9.94. The van der Waals surface area contributed by atoms with Crippen molar-refractivity contribution in [3.05, 3.63) is 115 Å². The average Bonchev–Trinajstić information content (AvgIpc) is 3.96. The Hall–Kier alpha value is -6.39. The first-order valence-electron chi connectivity index (χ1n) is 19.2. The Bertz CT molecular complexity index is 2860. The molecule has 9 nitrogen and oxygen atoms in total. The number of ether oxygens (including phenoxy) is 3. The summed E-state index contributed by atoms with van der Waals surface area (Å²) in [4.78, 5) is 42.1. The van der Waals surface area contributed by atoms with Gasteiger partial charge in [-0.1, -0.05) is 79.7 Å². The number of nitrogens with one attached hydrogen (secondary N) is 2. The Morgan fingerprint density at radius 2 is 1.11 bits per heavy atom. The van der Waals surface area contributed by atoms with Gasteiger partial charge in [0.1, 0.15) is 19.0 Å². The number of carbonyl (C=O) groups excluding carboxylic acids is 2. The zero-order chi connectivity index (χ0) is 38.9. The first-order valence-corrected chi connectivity index (χ1v) is 20.4. The quantitative estimate of drug-likeness (QED) is 0.0985. The van der Waals surface area contributed by atoms with E-state index in [-0.39, 0.29) is 31.1 Å². The summed E-state index contributed by atoms with van der Waals surface area (Å²) in [6, 6.07) is 39.6. The van der Waals surface area contributed by atoms with Gasteiger partial charge in [-0.3, -0.25) is 9.59 Å². The van der Waals surface area contributed by atoms with Crippen LogP contribution in [0, 0.1) is 5.92 Å². The minimum absolute atomic E-state index is 0.120. The van der Waals surface area contributed by atoms with Crippen LogP contribution in [0.1, 0.15) is 20.3 Å². The standard InChI is InChI=1S/C47H40N4O5S/c1-3-54-46(52)18-21-57-27-28(2)47(53)56-20-19-55-29-16-17-36-37(22-29)45-26-43-35-15-9-8-14-34(35)41(50-43)24-39-31-11-5-4-10-30(31)38(48-39)23-40-32-12-6-7-13-33(32)42(49-40)25-44(36)51-45/h4-17,22-26,28,48,51H,3,18-21,27H2,1-2H3. The lowest BCUT2D eigenvalue weighted by atomic mass is 10.0. The molecule has 57 heavy (non-hydrogen) atoms. The van der Waals surface area contributed by atoms with Crippen molar-refractivity contribution < 1.29 is 23.8 Å². The minimum Gasteiger partial charge on any atom is -0.490 e. The van der Waals surface area contributed by atoms with Gasteiger partial charge in [0.15, 0.2) is 0 Å². The SMILES string of the molecule is CCOC(=O)CCSCC(C)C(=O)OCCOc1ccc2c3cc4nc(cc5[nH]c(cc6nc(cc([nH]3)c2c1)-c1ccccc1-6)c1ccccc51)-c1ccccc1-4. The van der Waals surface area contributed by atoms with Crippen LogP contribution in [0.5, 0.6) is 5.75 Å². The molecule has 1 unspecified atom stereocenters. The molecule has 0 saturated carbocycles. The predicted octanol–water partition coefficient (Wildman–Crippen LogP) is 10.5. The fourth-order valence-corrected chi connectivity index (χ4v) is 8.51. The van der Waals surface area contributed by atoms with Crippen molar-refractivity contribution >= 4 is 67.3 Å².